The van der Waals surface area contributed by atoms with E-state index in [0.717, 1.165) is 8.96 Å². The molecule has 6 heteroatoms. The zero-order valence-corrected chi connectivity index (χ0v) is 12.6. The van der Waals surface area contributed by atoms with Gasteiger partial charge in [0.1, 0.15) is 12.1 Å². The summed E-state index contributed by atoms with van der Waals surface area (Å²) in [5, 5.41) is 10.1. The van der Waals surface area contributed by atoms with E-state index in [1.165, 1.54) is 0 Å². The van der Waals surface area contributed by atoms with E-state index in [2.05, 4.69) is 34.2 Å². The topological polar surface area (TPSA) is 59.4 Å². The van der Waals surface area contributed by atoms with Gasteiger partial charge in [0.05, 0.1) is 14.2 Å². The van der Waals surface area contributed by atoms with E-state index in [-0.39, 0.29) is 12.2 Å². The number of carboxylic acids is 1. The maximum absolute atomic E-state index is 10.7. The molecule has 1 heterocycles. The summed E-state index contributed by atoms with van der Waals surface area (Å²) in [6.07, 6.45) is 1.63. The van der Waals surface area contributed by atoms with Crippen molar-refractivity contribution in [2.24, 2.45) is 0 Å². The Kier molecular flexibility index (Phi) is 4.26. The lowest BCUT2D eigenvalue weighted by molar-refractivity contribution is -0.133. The number of aliphatic carboxylic acids is 1. The van der Waals surface area contributed by atoms with E-state index in [9.17, 15) is 4.79 Å². The third-order valence-corrected chi connectivity index (χ3v) is 3.56. The Labute approximate surface area is 128 Å². The molecule has 0 atom stereocenters. The minimum atomic E-state index is -1.08. The molecule has 0 saturated heterocycles. The molecule has 0 bridgehead atoms. The van der Waals surface area contributed by atoms with E-state index in [1.54, 1.807) is 18.3 Å². The molecule has 0 aliphatic carbocycles. The number of rotatable bonds is 4. The Hall–Kier alpha value is -1.34. The van der Waals surface area contributed by atoms with Gasteiger partial charge < -0.3 is 9.84 Å². The van der Waals surface area contributed by atoms with Crippen LogP contribution in [-0.2, 0) is 4.79 Å². The summed E-state index contributed by atoms with van der Waals surface area (Å²) in [5.74, 6) is -0.566. The zero-order valence-electron chi connectivity index (χ0n) is 9.69. The third kappa shape index (κ3) is 2.98. The Bertz CT molecular complexity index is 672. The molecule has 0 aliphatic heterocycles. The zero-order chi connectivity index (χ0) is 14.0. The monoisotopic (exact) mass is 389 g/mol. The van der Waals surface area contributed by atoms with Crippen LogP contribution in [-0.4, -0.2) is 22.7 Å². The van der Waals surface area contributed by atoms with Gasteiger partial charge in [-0.25, -0.2) is 4.79 Å². The molecular formula is C13H9ClINO3. The van der Waals surface area contributed by atoms with Crippen molar-refractivity contribution in [1.82, 2.24) is 4.98 Å². The number of ether oxygens (including phenoxy) is 1. The molecule has 2 aromatic rings. The average Bonchev–Trinajstić information content (AvgIpc) is 2.38. The lowest BCUT2D eigenvalue weighted by Gasteiger charge is -2.11. The Morgan fingerprint density at radius 2 is 2.32 bits per heavy atom. The number of carbonyl (C=O) groups is 1. The number of benzene rings is 1. The number of hydrogen-bond donors (Lipinski definition) is 1. The summed E-state index contributed by atoms with van der Waals surface area (Å²) >= 11 is 8.21. The fourth-order valence-electron chi connectivity index (χ4n) is 1.50. The van der Waals surface area contributed by atoms with Crippen LogP contribution in [0.1, 0.15) is 0 Å². The largest absolute Gasteiger partial charge is 0.485 e. The van der Waals surface area contributed by atoms with Crippen LogP contribution in [0.2, 0.25) is 5.02 Å². The van der Waals surface area contributed by atoms with E-state index in [0.29, 0.717) is 16.3 Å². The van der Waals surface area contributed by atoms with Gasteiger partial charge >= 0.3 is 5.97 Å². The first kappa shape index (κ1) is 14.1. The number of nitrogens with zero attached hydrogens (tertiary/aromatic N) is 1. The van der Waals surface area contributed by atoms with Crippen LogP contribution in [0.15, 0.2) is 36.5 Å². The van der Waals surface area contributed by atoms with Crippen LogP contribution in [0.25, 0.3) is 10.9 Å². The number of carboxylic acid groups (broad SMARTS) is 1. The van der Waals surface area contributed by atoms with Gasteiger partial charge in [0.2, 0.25) is 0 Å². The van der Waals surface area contributed by atoms with Crippen LogP contribution in [0, 0.1) is 3.57 Å². The molecule has 0 unspecified atom stereocenters. The highest BCUT2D eigenvalue weighted by atomic mass is 127. The highest BCUT2D eigenvalue weighted by Crippen LogP contribution is 2.34. The van der Waals surface area contributed by atoms with E-state index < -0.39 is 5.97 Å². The number of hydrogen-bond acceptors (Lipinski definition) is 3. The van der Waals surface area contributed by atoms with Gasteiger partial charge in [-0.2, -0.15) is 0 Å². The molecular weight excluding hydrogens is 381 g/mol. The second-order valence-electron chi connectivity index (χ2n) is 3.77. The van der Waals surface area contributed by atoms with Gasteiger partial charge in [-0.3, -0.25) is 4.98 Å². The first-order valence-electron chi connectivity index (χ1n) is 5.27. The van der Waals surface area contributed by atoms with Crippen molar-refractivity contribution in [3.8, 4) is 5.75 Å². The second kappa shape index (κ2) is 5.75. The molecule has 0 amide bonds. The average molecular weight is 390 g/mol. The predicted molar refractivity (Wildman–Crippen MR) is 81.7 cm³/mol. The number of fused-ring (bicyclic) bond motifs is 1. The standard InChI is InChI=1S/C13H9ClINO3/c1-7(13(17)18)6-19-12-10(15)5-9(14)8-3-2-4-16-11(8)12/h2-5H,1,6H2,(H,17,18). The molecule has 0 spiro atoms. The number of halogens is 2. The fraction of sp³-hybridized carbons (Fsp3) is 0.0769. The molecule has 1 N–H and O–H groups in total. The lowest BCUT2D eigenvalue weighted by atomic mass is 10.2. The van der Waals surface area contributed by atoms with Crippen molar-refractivity contribution in [2.45, 2.75) is 0 Å². The van der Waals surface area contributed by atoms with Crippen molar-refractivity contribution in [2.75, 3.05) is 6.61 Å². The first-order chi connectivity index (χ1) is 9.00. The predicted octanol–water partition coefficient (Wildman–Crippen LogP) is 3.51. The summed E-state index contributed by atoms with van der Waals surface area (Å²) in [4.78, 5) is 14.9. The third-order valence-electron chi connectivity index (χ3n) is 2.44. The van der Waals surface area contributed by atoms with Crippen LogP contribution in [0.4, 0.5) is 0 Å². The lowest BCUT2D eigenvalue weighted by Crippen LogP contribution is -2.10. The van der Waals surface area contributed by atoms with Gasteiger partial charge in [0.15, 0.2) is 5.75 Å². The first-order valence-corrected chi connectivity index (χ1v) is 6.73. The summed E-state index contributed by atoms with van der Waals surface area (Å²) in [6, 6.07) is 5.37. The van der Waals surface area contributed by atoms with Crippen molar-refractivity contribution in [1.29, 1.82) is 0 Å². The maximum Gasteiger partial charge on any atom is 0.334 e. The van der Waals surface area contributed by atoms with Crippen molar-refractivity contribution in [3.63, 3.8) is 0 Å². The van der Waals surface area contributed by atoms with E-state index >= 15 is 0 Å². The normalized spacial score (nSPS) is 10.4. The Morgan fingerprint density at radius 3 is 3.00 bits per heavy atom. The molecule has 0 aliphatic rings. The van der Waals surface area contributed by atoms with Crippen LogP contribution in [0.3, 0.4) is 0 Å². The highest BCUT2D eigenvalue weighted by Gasteiger charge is 2.13. The van der Waals surface area contributed by atoms with Crippen LogP contribution >= 0.6 is 34.2 Å². The SMILES string of the molecule is C=C(COc1c(I)cc(Cl)c2cccnc12)C(=O)O. The molecule has 19 heavy (non-hydrogen) atoms. The fourth-order valence-corrected chi connectivity index (χ4v) is 2.67. The molecule has 2 rings (SSSR count). The molecule has 1 aromatic carbocycles. The molecule has 98 valence electrons. The maximum atomic E-state index is 10.7. The summed E-state index contributed by atoms with van der Waals surface area (Å²) in [6.45, 7) is 3.32. The smallest absolute Gasteiger partial charge is 0.334 e. The van der Waals surface area contributed by atoms with Crippen LogP contribution in [0.5, 0.6) is 5.75 Å². The van der Waals surface area contributed by atoms with Gasteiger partial charge in [0.25, 0.3) is 0 Å². The van der Waals surface area contributed by atoms with Gasteiger partial charge in [0, 0.05) is 11.6 Å². The summed E-state index contributed by atoms with van der Waals surface area (Å²) < 4.78 is 6.29. The quantitative estimate of drug-likeness (QED) is 0.642. The number of pyridine rings is 1. The minimum Gasteiger partial charge on any atom is -0.485 e. The minimum absolute atomic E-state index is 0.0187. The van der Waals surface area contributed by atoms with E-state index in [4.69, 9.17) is 21.4 Å². The Balaban J connectivity index is 2.42. The van der Waals surface area contributed by atoms with E-state index in [1.807, 2.05) is 6.07 Å². The van der Waals surface area contributed by atoms with Gasteiger partial charge in [-0.05, 0) is 40.8 Å². The van der Waals surface area contributed by atoms with Crippen molar-refractivity contribution in [3.05, 3.63) is 45.1 Å². The summed E-state index contributed by atoms with van der Waals surface area (Å²) in [7, 11) is 0. The van der Waals surface area contributed by atoms with Gasteiger partial charge in [-0.1, -0.05) is 18.2 Å². The Morgan fingerprint density at radius 1 is 1.58 bits per heavy atom. The van der Waals surface area contributed by atoms with Crippen molar-refractivity contribution < 1.29 is 14.6 Å². The highest BCUT2D eigenvalue weighted by molar-refractivity contribution is 14.1. The van der Waals surface area contributed by atoms with Crippen LogP contribution < -0.4 is 4.74 Å². The molecule has 0 fully saturated rings. The molecule has 4 nitrogen and oxygen atoms in total. The summed E-state index contributed by atoms with van der Waals surface area (Å²) in [5.41, 5.74) is 0.590. The molecule has 1 aromatic heterocycles. The number of aromatic nitrogens is 1. The van der Waals surface area contributed by atoms with Gasteiger partial charge in [-0.15, -0.1) is 0 Å². The molecule has 0 saturated carbocycles. The van der Waals surface area contributed by atoms with Crippen molar-refractivity contribution >= 4 is 51.1 Å². The second-order valence-corrected chi connectivity index (χ2v) is 5.34. The molecule has 0 radical (unpaired) electrons.